The lowest BCUT2D eigenvalue weighted by Crippen LogP contribution is -2.30. The van der Waals surface area contributed by atoms with Gasteiger partial charge in [-0.3, -0.25) is 15.0 Å². The smallest absolute Gasteiger partial charge is 0.265 e. The van der Waals surface area contributed by atoms with Gasteiger partial charge in [0.25, 0.3) is 5.91 Å². The normalized spacial score (nSPS) is 10.1. The highest BCUT2D eigenvalue weighted by molar-refractivity contribution is 5.96. The maximum Gasteiger partial charge on any atom is 0.265 e. The summed E-state index contributed by atoms with van der Waals surface area (Å²) in [7, 11) is 1.73. The summed E-state index contributed by atoms with van der Waals surface area (Å²) in [5.74, 6) is 4.75. The lowest BCUT2D eigenvalue weighted by Gasteiger charge is -2.17. The third-order valence-electron chi connectivity index (χ3n) is 3.49. The zero-order valence-electron chi connectivity index (χ0n) is 12.5. The summed E-state index contributed by atoms with van der Waals surface area (Å²) in [6.45, 7) is 0. The first-order valence-corrected chi connectivity index (χ1v) is 7.03. The summed E-state index contributed by atoms with van der Waals surface area (Å²) in [4.78, 5) is 25.2. The zero-order valence-corrected chi connectivity index (χ0v) is 12.5. The molecule has 2 aromatic rings. The van der Waals surface area contributed by atoms with Crippen LogP contribution in [0.25, 0.3) is 0 Å². The van der Waals surface area contributed by atoms with Crippen LogP contribution in [0.4, 0.5) is 5.69 Å². The Bertz CT molecular complexity index is 639. The molecular weight excluding hydrogens is 278 g/mol. The van der Waals surface area contributed by atoms with Gasteiger partial charge in [-0.25, -0.2) is 5.84 Å². The highest BCUT2D eigenvalue weighted by Crippen LogP contribution is 2.15. The minimum atomic E-state index is -0.357. The molecule has 0 unspecified atom stereocenters. The molecule has 2 amide bonds. The molecule has 0 bridgehead atoms. The predicted molar refractivity (Wildman–Crippen MR) is 86.3 cm³/mol. The molecule has 2 rings (SSSR count). The monoisotopic (exact) mass is 297 g/mol. The number of aryl methyl sites for hydroxylation is 1. The molecule has 0 saturated carbocycles. The Morgan fingerprint density at radius 2 is 1.68 bits per heavy atom. The summed E-state index contributed by atoms with van der Waals surface area (Å²) >= 11 is 0. The number of carbonyl (C=O) groups is 2. The van der Waals surface area contributed by atoms with Crippen molar-refractivity contribution in [1.82, 2.24) is 5.43 Å². The van der Waals surface area contributed by atoms with E-state index >= 15 is 0 Å². The molecule has 2 aromatic carbocycles. The van der Waals surface area contributed by atoms with Gasteiger partial charge in [0.15, 0.2) is 0 Å². The standard InChI is InChI=1S/C17H19N3O2/c1-20(15-10-8-14(9-11-15)17(22)19-18)16(21)12-7-13-5-3-2-4-6-13/h2-6,8-11H,7,12,18H2,1H3,(H,19,22). The van der Waals surface area contributed by atoms with Gasteiger partial charge in [0.1, 0.15) is 0 Å². The van der Waals surface area contributed by atoms with E-state index in [2.05, 4.69) is 5.43 Å². The molecule has 0 radical (unpaired) electrons. The molecule has 0 aliphatic carbocycles. The lowest BCUT2D eigenvalue weighted by molar-refractivity contribution is -0.118. The number of nitrogens with one attached hydrogen (secondary N) is 1. The molecule has 0 aromatic heterocycles. The number of hydrogen-bond donors (Lipinski definition) is 2. The number of amides is 2. The molecule has 0 fully saturated rings. The van der Waals surface area contributed by atoms with E-state index in [0.717, 1.165) is 11.3 Å². The Morgan fingerprint density at radius 1 is 1.05 bits per heavy atom. The van der Waals surface area contributed by atoms with Crippen molar-refractivity contribution in [3.8, 4) is 0 Å². The van der Waals surface area contributed by atoms with Crippen LogP contribution in [0.5, 0.6) is 0 Å². The molecule has 0 saturated heterocycles. The van der Waals surface area contributed by atoms with Crippen LogP contribution in [0.3, 0.4) is 0 Å². The largest absolute Gasteiger partial charge is 0.315 e. The molecule has 3 N–H and O–H groups in total. The van der Waals surface area contributed by atoms with Crippen LogP contribution in [0, 0.1) is 0 Å². The van der Waals surface area contributed by atoms with Crippen LogP contribution in [0.15, 0.2) is 54.6 Å². The average Bonchev–Trinajstić information content (AvgIpc) is 2.59. The Balaban J connectivity index is 1.96. The number of rotatable bonds is 5. The van der Waals surface area contributed by atoms with Gasteiger partial charge in [-0.1, -0.05) is 30.3 Å². The minimum Gasteiger partial charge on any atom is -0.315 e. The first kappa shape index (κ1) is 15.7. The second-order valence-electron chi connectivity index (χ2n) is 4.96. The summed E-state index contributed by atoms with van der Waals surface area (Å²) in [5.41, 5.74) is 4.41. The van der Waals surface area contributed by atoms with Crippen LogP contribution >= 0.6 is 0 Å². The van der Waals surface area contributed by atoms with Gasteiger partial charge in [0, 0.05) is 24.7 Å². The van der Waals surface area contributed by atoms with Gasteiger partial charge >= 0.3 is 0 Å². The van der Waals surface area contributed by atoms with Gasteiger partial charge in [-0.2, -0.15) is 0 Å². The van der Waals surface area contributed by atoms with Crippen LogP contribution in [0.1, 0.15) is 22.3 Å². The van der Waals surface area contributed by atoms with Crippen molar-refractivity contribution in [3.05, 3.63) is 65.7 Å². The number of nitrogen functional groups attached to an aromatic ring is 1. The second kappa shape index (κ2) is 7.38. The van der Waals surface area contributed by atoms with E-state index in [1.165, 1.54) is 0 Å². The topological polar surface area (TPSA) is 75.4 Å². The molecule has 0 aliphatic rings. The van der Waals surface area contributed by atoms with Crippen molar-refractivity contribution in [2.75, 3.05) is 11.9 Å². The van der Waals surface area contributed by atoms with E-state index in [4.69, 9.17) is 5.84 Å². The Labute approximate surface area is 129 Å². The van der Waals surface area contributed by atoms with Crippen LogP contribution in [-0.4, -0.2) is 18.9 Å². The zero-order chi connectivity index (χ0) is 15.9. The van der Waals surface area contributed by atoms with Crippen molar-refractivity contribution in [2.45, 2.75) is 12.8 Å². The number of carbonyl (C=O) groups excluding carboxylic acids is 2. The van der Waals surface area contributed by atoms with Crippen molar-refractivity contribution in [2.24, 2.45) is 5.84 Å². The van der Waals surface area contributed by atoms with E-state index in [1.807, 2.05) is 30.3 Å². The number of benzene rings is 2. The van der Waals surface area contributed by atoms with Crippen molar-refractivity contribution in [3.63, 3.8) is 0 Å². The lowest BCUT2D eigenvalue weighted by atomic mass is 10.1. The number of hydrazine groups is 1. The Kier molecular flexibility index (Phi) is 5.27. The van der Waals surface area contributed by atoms with Gasteiger partial charge in [-0.05, 0) is 36.2 Å². The van der Waals surface area contributed by atoms with Crippen LogP contribution < -0.4 is 16.2 Å². The fourth-order valence-corrected chi connectivity index (χ4v) is 2.13. The van der Waals surface area contributed by atoms with E-state index < -0.39 is 0 Å². The van der Waals surface area contributed by atoms with Crippen LogP contribution in [0.2, 0.25) is 0 Å². The van der Waals surface area contributed by atoms with E-state index in [0.29, 0.717) is 18.4 Å². The van der Waals surface area contributed by atoms with Gasteiger partial charge in [-0.15, -0.1) is 0 Å². The van der Waals surface area contributed by atoms with Crippen molar-refractivity contribution >= 4 is 17.5 Å². The molecule has 114 valence electrons. The molecule has 22 heavy (non-hydrogen) atoms. The maximum atomic E-state index is 12.2. The Morgan fingerprint density at radius 3 is 2.27 bits per heavy atom. The van der Waals surface area contributed by atoms with Crippen molar-refractivity contribution in [1.29, 1.82) is 0 Å². The summed E-state index contributed by atoms with van der Waals surface area (Å²) in [6, 6.07) is 16.6. The minimum absolute atomic E-state index is 0.0277. The van der Waals surface area contributed by atoms with Crippen molar-refractivity contribution < 1.29 is 9.59 Å². The fraction of sp³-hybridized carbons (Fsp3) is 0.176. The predicted octanol–water partition coefficient (Wildman–Crippen LogP) is 1.89. The Hall–Kier alpha value is -2.66. The summed E-state index contributed by atoms with van der Waals surface area (Å²) in [5, 5.41) is 0. The molecule has 5 nitrogen and oxygen atoms in total. The highest BCUT2D eigenvalue weighted by atomic mass is 16.2. The molecular formula is C17H19N3O2. The van der Waals surface area contributed by atoms with Gasteiger partial charge < -0.3 is 4.90 Å². The number of hydrogen-bond acceptors (Lipinski definition) is 3. The second-order valence-corrected chi connectivity index (χ2v) is 4.96. The number of nitrogens with two attached hydrogens (primary N) is 1. The first-order chi connectivity index (χ1) is 10.6. The van der Waals surface area contributed by atoms with E-state index in [-0.39, 0.29) is 11.8 Å². The first-order valence-electron chi connectivity index (χ1n) is 7.03. The summed E-state index contributed by atoms with van der Waals surface area (Å²) in [6.07, 6.45) is 1.14. The third kappa shape index (κ3) is 3.93. The number of nitrogens with zero attached hydrogens (tertiary/aromatic N) is 1. The highest BCUT2D eigenvalue weighted by Gasteiger charge is 2.12. The number of anilines is 1. The molecule has 0 heterocycles. The molecule has 0 aliphatic heterocycles. The SMILES string of the molecule is CN(C(=O)CCc1ccccc1)c1ccc(C(=O)NN)cc1. The molecule has 5 heteroatoms. The average molecular weight is 297 g/mol. The molecule has 0 atom stereocenters. The van der Waals surface area contributed by atoms with Crippen LogP contribution in [-0.2, 0) is 11.2 Å². The molecule has 0 spiro atoms. The maximum absolute atomic E-state index is 12.2. The third-order valence-corrected chi connectivity index (χ3v) is 3.49. The quantitative estimate of drug-likeness (QED) is 0.503. The summed E-state index contributed by atoms with van der Waals surface area (Å²) < 4.78 is 0. The fourth-order valence-electron chi connectivity index (χ4n) is 2.13. The van der Waals surface area contributed by atoms with E-state index in [9.17, 15) is 9.59 Å². The van der Waals surface area contributed by atoms with Gasteiger partial charge in [0.2, 0.25) is 5.91 Å². The van der Waals surface area contributed by atoms with E-state index in [1.54, 1.807) is 36.2 Å². The van der Waals surface area contributed by atoms with Gasteiger partial charge in [0.05, 0.1) is 0 Å².